The van der Waals surface area contributed by atoms with Gasteiger partial charge >= 0.3 is 0 Å². The van der Waals surface area contributed by atoms with Crippen LogP contribution in [0.5, 0.6) is 0 Å². The van der Waals surface area contributed by atoms with Gasteiger partial charge in [-0.25, -0.2) is 9.97 Å². The first kappa shape index (κ1) is 16.1. The summed E-state index contributed by atoms with van der Waals surface area (Å²) in [4.78, 5) is 8.99. The van der Waals surface area contributed by atoms with Gasteiger partial charge in [0.05, 0.1) is 5.39 Å². The Kier molecular flexibility index (Phi) is 4.51. The van der Waals surface area contributed by atoms with Gasteiger partial charge in [0.25, 0.3) is 0 Å². The summed E-state index contributed by atoms with van der Waals surface area (Å²) >= 11 is 1.95. The summed E-state index contributed by atoms with van der Waals surface area (Å²) in [5.41, 5.74) is 9.56. The molecule has 0 atom stereocenters. The largest absolute Gasteiger partial charge is 0.383 e. The van der Waals surface area contributed by atoms with E-state index in [0.717, 1.165) is 36.2 Å². The summed E-state index contributed by atoms with van der Waals surface area (Å²) in [5.74, 6) is 1.33. The van der Waals surface area contributed by atoms with Crippen LogP contribution < -0.4 is 5.73 Å². The molecule has 5 heteroatoms. The summed E-state index contributed by atoms with van der Waals surface area (Å²) in [5, 5.41) is 1.01. The number of aryl methyl sites for hydroxylation is 2. The van der Waals surface area contributed by atoms with Crippen molar-refractivity contribution in [2.75, 3.05) is 12.0 Å². The monoisotopic (exact) mass is 306 g/mol. The second-order valence-corrected chi connectivity index (χ2v) is 7.02. The van der Waals surface area contributed by atoms with E-state index in [2.05, 4.69) is 48.5 Å². The molecule has 0 aliphatic heterocycles. The lowest BCUT2D eigenvalue weighted by atomic mass is 10.0. The fraction of sp³-hybridized carbons (Fsp3) is 0.625. The van der Waals surface area contributed by atoms with Crippen molar-refractivity contribution in [1.29, 1.82) is 0 Å². The molecule has 0 fully saturated rings. The Labute approximate surface area is 131 Å². The third-order valence-corrected chi connectivity index (χ3v) is 6.35. The van der Waals surface area contributed by atoms with Crippen molar-refractivity contribution in [2.24, 2.45) is 0 Å². The van der Waals surface area contributed by atoms with E-state index < -0.39 is 0 Å². The zero-order valence-electron chi connectivity index (χ0n) is 13.9. The van der Waals surface area contributed by atoms with E-state index in [0.29, 0.717) is 5.82 Å². The molecular formula is C16H26N4S. The molecular weight excluding hydrogens is 280 g/mol. The Balaban J connectivity index is 2.67. The van der Waals surface area contributed by atoms with E-state index >= 15 is 0 Å². The molecule has 0 amide bonds. The number of nitrogens with zero attached hydrogens (tertiary/aromatic N) is 3. The molecule has 0 aliphatic carbocycles. The van der Waals surface area contributed by atoms with Gasteiger partial charge in [-0.15, -0.1) is 0 Å². The maximum Gasteiger partial charge on any atom is 0.146 e. The van der Waals surface area contributed by atoms with Crippen molar-refractivity contribution in [3.8, 4) is 0 Å². The first-order chi connectivity index (χ1) is 9.89. The van der Waals surface area contributed by atoms with Crippen LogP contribution in [0.15, 0.2) is 0 Å². The minimum absolute atomic E-state index is 0.247. The predicted octanol–water partition coefficient (Wildman–Crippen LogP) is 3.86. The number of rotatable bonds is 5. The lowest BCUT2D eigenvalue weighted by Gasteiger charge is -2.31. The molecule has 0 spiro atoms. The van der Waals surface area contributed by atoms with Crippen molar-refractivity contribution in [3.05, 3.63) is 17.1 Å². The summed E-state index contributed by atoms with van der Waals surface area (Å²) in [6.07, 6.45) is 4.49. The van der Waals surface area contributed by atoms with Crippen LogP contribution in [-0.2, 0) is 6.54 Å². The van der Waals surface area contributed by atoms with Crippen molar-refractivity contribution in [2.45, 2.75) is 58.8 Å². The van der Waals surface area contributed by atoms with Gasteiger partial charge in [-0.1, -0.05) is 13.8 Å². The quantitative estimate of drug-likeness (QED) is 0.911. The Hall–Kier alpha value is -1.23. The van der Waals surface area contributed by atoms with Crippen LogP contribution in [0.4, 0.5) is 5.82 Å². The SMILES string of the molecule is CCC(CC)(Cn1c(C)c(C)c2c(N)nc(C)nc21)SC. The van der Waals surface area contributed by atoms with E-state index in [1.165, 1.54) is 11.3 Å². The van der Waals surface area contributed by atoms with Crippen LogP contribution in [0.1, 0.15) is 43.8 Å². The van der Waals surface area contributed by atoms with Crippen LogP contribution in [-0.4, -0.2) is 25.5 Å². The highest BCUT2D eigenvalue weighted by Gasteiger charge is 2.28. The summed E-state index contributed by atoms with van der Waals surface area (Å²) in [6, 6.07) is 0. The Morgan fingerprint density at radius 3 is 2.29 bits per heavy atom. The summed E-state index contributed by atoms with van der Waals surface area (Å²) in [6.45, 7) is 11.7. The third-order valence-electron chi connectivity index (χ3n) is 4.78. The number of fused-ring (bicyclic) bond motifs is 1. The van der Waals surface area contributed by atoms with E-state index in [1.54, 1.807) is 0 Å². The normalized spacial score (nSPS) is 12.3. The van der Waals surface area contributed by atoms with E-state index in [4.69, 9.17) is 5.73 Å². The van der Waals surface area contributed by atoms with Crippen molar-refractivity contribution >= 4 is 28.6 Å². The number of nitrogen functional groups attached to an aromatic ring is 1. The van der Waals surface area contributed by atoms with Crippen molar-refractivity contribution in [1.82, 2.24) is 14.5 Å². The van der Waals surface area contributed by atoms with Gasteiger partial charge in [-0.05, 0) is 45.4 Å². The minimum Gasteiger partial charge on any atom is -0.383 e. The highest BCUT2D eigenvalue weighted by molar-refractivity contribution is 8.00. The second-order valence-electron chi connectivity index (χ2n) is 5.75. The van der Waals surface area contributed by atoms with Crippen LogP contribution in [0.3, 0.4) is 0 Å². The Morgan fingerprint density at radius 1 is 1.14 bits per heavy atom. The second kappa shape index (κ2) is 5.87. The summed E-state index contributed by atoms with van der Waals surface area (Å²) in [7, 11) is 0. The molecule has 0 aliphatic rings. The average molecular weight is 306 g/mol. The number of hydrogen-bond acceptors (Lipinski definition) is 4. The maximum atomic E-state index is 6.13. The first-order valence-corrected chi connectivity index (χ1v) is 8.76. The van der Waals surface area contributed by atoms with Gasteiger partial charge in [0, 0.05) is 17.0 Å². The Bertz CT molecular complexity index is 648. The highest BCUT2D eigenvalue weighted by Crippen LogP contribution is 2.36. The average Bonchev–Trinajstić information content (AvgIpc) is 2.69. The molecule has 2 rings (SSSR count). The fourth-order valence-electron chi connectivity index (χ4n) is 2.98. The zero-order chi connectivity index (χ0) is 15.8. The number of thioether (sulfide) groups is 1. The Morgan fingerprint density at radius 2 is 1.76 bits per heavy atom. The van der Waals surface area contributed by atoms with Crippen LogP contribution in [0.2, 0.25) is 0 Å². The van der Waals surface area contributed by atoms with Gasteiger partial charge in [0.15, 0.2) is 0 Å². The number of hydrogen-bond donors (Lipinski definition) is 1. The van der Waals surface area contributed by atoms with Crippen LogP contribution in [0, 0.1) is 20.8 Å². The molecule has 21 heavy (non-hydrogen) atoms. The molecule has 2 heterocycles. The van der Waals surface area contributed by atoms with Crippen LogP contribution in [0.25, 0.3) is 11.0 Å². The molecule has 0 aromatic carbocycles. The van der Waals surface area contributed by atoms with Gasteiger partial charge in [0.1, 0.15) is 17.3 Å². The fourth-order valence-corrected chi connectivity index (χ4v) is 3.82. The lowest BCUT2D eigenvalue weighted by molar-refractivity contribution is 0.468. The molecule has 2 aromatic rings. The lowest BCUT2D eigenvalue weighted by Crippen LogP contribution is -2.29. The molecule has 2 aromatic heterocycles. The zero-order valence-corrected chi connectivity index (χ0v) is 14.8. The number of anilines is 1. The van der Waals surface area contributed by atoms with Crippen molar-refractivity contribution < 1.29 is 0 Å². The van der Waals surface area contributed by atoms with Crippen LogP contribution >= 0.6 is 11.8 Å². The molecule has 4 nitrogen and oxygen atoms in total. The van der Waals surface area contributed by atoms with Gasteiger partial charge < -0.3 is 10.3 Å². The third kappa shape index (κ3) is 2.63. The van der Waals surface area contributed by atoms with Gasteiger partial charge in [0.2, 0.25) is 0 Å². The molecule has 0 saturated carbocycles. The number of aromatic nitrogens is 3. The van der Waals surface area contributed by atoms with E-state index in [1.807, 2.05) is 18.7 Å². The van der Waals surface area contributed by atoms with E-state index in [-0.39, 0.29) is 4.75 Å². The molecule has 2 N–H and O–H groups in total. The minimum atomic E-state index is 0.247. The van der Waals surface area contributed by atoms with Gasteiger partial charge in [-0.2, -0.15) is 11.8 Å². The molecule has 0 radical (unpaired) electrons. The maximum absolute atomic E-state index is 6.13. The van der Waals surface area contributed by atoms with Gasteiger partial charge in [-0.3, -0.25) is 0 Å². The first-order valence-electron chi connectivity index (χ1n) is 7.53. The van der Waals surface area contributed by atoms with E-state index in [9.17, 15) is 0 Å². The summed E-state index contributed by atoms with van der Waals surface area (Å²) < 4.78 is 2.58. The highest BCUT2D eigenvalue weighted by atomic mass is 32.2. The molecule has 0 saturated heterocycles. The molecule has 116 valence electrons. The predicted molar refractivity (Wildman–Crippen MR) is 93.0 cm³/mol. The van der Waals surface area contributed by atoms with Crippen molar-refractivity contribution in [3.63, 3.8) is 0 Å². The molecule has 0 unspecified atom stereocenters. The number of nitrogens with two attached hydrogens (primary N) is 1. The standard InChI is InChI=1S/C16H26N4S/c1-7-16(8-2,21-6)9-20-11(4)10(3)13-14(17)18-12(5)19-15(13)20/h7-9H2,1-6H3,(H2,17,18,19). The molecule has 0 bridgehead atoms. The smallest absolute Gasteiger partial charge is 0.146 e. The topological polar surface area (TPSA) is 56.7 Å².